The molecule has 6 heteroatoms. The molecule has 24 heavy (non-hydrogen) atoms. The van der Waals surface area contributed by atoms with Crippen molar-refractivity contribution in [3.63, 3.8) is 0 Å². The summed E-state index contributed by atoms with van der Waals surface area (Å²) < 4.78 is 11.8. The SMILES string of the molecule is CC(C)(C)OC(=O)NCCCOCc1ccc2cncc(Br)c2c1. The van der Waals surface area contributed by atoms with E-state index >= 15 is 0 Å². The first-order chi connectivity index (χ1) is 11.3. The minimum atomic E-state index is -0.472. The number of fused-ring (bicyclic) bond motifs is 1. The third-order valence-corrected chi connectivity index (χ3v) is 3.81. The second kappa shape index (κ2) is 8.44. The van der Waals surface area contributed by atoms with Gasteiger partial charge >= 0.3 is 6.09 Å². The van der Waals surface area contributed by atoms with E-state index in [1.807, 2.05) is 39.1 Å². The number of halogens is 1. The van der Waals surface area contributed by atoms with Crippen LogP contribution < -0.4 is 5.32 Å². The zero-order valence-electron chi connectivity index (χ0n) is 14.3. The number of rotatable bonds is 6. The number of hydrogen-bond donors (Lipinski definition) is 1. The van der Waals surface area contributed by atoms with Crippen LogP contribution in [0.3, 0.4) is 0 Å². The molecule has 1 heterocycles. The molecule has 1 aromatic carbocycles. The second-order valence-electron chi connectivity index (χ2n) is 6.51. The number of hydrogen-bond acceptors (Lipinski definition) is 4. The molecule has 0 radical (unpaired) electrons. The molecule has 1 N–H and O–H groups in total. The van der Waals surface area contributed by atoms with Crippen LogP contribution in [0.15, 0.2) is 35.1 Å². The zero-order chi connectivity index (χ0) is 17.6. The monoisotopic (exact) mass is 394 g/mol. The van der Waals surface area contributed by atoms with Gasteiger partial charge in [0.25, 0.3) is 0 Å². The molecule has 0 fully saturated rings. The minimum absolute atomic E-state index is 0.393. The Morgan fingerprint density at radius 1 is 1.29 bits per heavy atom. The molecule has 0 aliphatic heterocycles. The van der Waals surface area contributed by atoms with E-state index in [0.717, 1.165) is 27.2 Å². The number of nitrogens with zero attached hydrogens (tertiary/aromatic N) is 1. The molecule has 0 saturated heterocycles. The topological polar surface area (TPSA) is 60.5 Å². The van der Waals surface area contributed by atoms with Crippen LogP contribution in [0, 0.1) is 0 Å². The number of amides is 1. The van der Waals surface area contributed by atoms with E-state index in [2.05, 4.69) is 32.3 Å². The van der Waals surface area contributed by atoms with Gasteiger partial charge in [-0.25, -0.2) is 4.79 Å². The van der Waals surface area contributed by atoms with Crippen LogP contribution in [0.2, 0.25) is 0 Å². The van der Waals surface area contributed by atoms with Crippen molar-refractivity contribution in [2.24, 2.45) is 0 Å². The summed E-state index contributed by atoms with van der Waals surface area (Å²) in [6, 6.07) is 6.17. The van der Waals surface area contributed by atoms with Gasteiger partial charge in [-0.1, -0.05) is 12.1 Å². The molecule has 0 unspecified atom stereocenters. The van der Waals surface area contributed by atoms with E-state index in [1.54, 1.807) is 6.20 Å². The number of pyridine rings is 1. The predicted molar refractivity (Wildman–Crippen MR) is 98.0 cm³/mol. The standard InChI is InChI=1S/C18H23BrN2O3/c1-18(2,3)24-17(22)21-7-4-8-23-12-13-5-6-14-10-20-11-16(19)15(14)9-13/h5-6,9-11H,4,7-8,12H2,1-3H3,(H,21,22). The zero-order valence-corrected chi connectivity index (χ0v) is 15.9. The van der Waals surface area contributed by atoms with Crippen LogP contribution in [0.5, 0.6) is 0 Å². The minimum Gasteiger partial charge on any atom is -0.444 e. The highest BCUT2D eigenvalue weighted by Crippen LogP contribution is 2.23. The van der Waals surface area contributed by atoms with Gasteiger partial charge in [0.05, 0.1) is 6.61 Å². The Kier molecular flexibility index (Phi) is 6.57. The average Bonchev–Trinajstić information content (AvgIpc) is 2.49. The lowest BCUT2D eigenvalue weighted by molar-refractivity contribution is 0.0518. The van der Waals surface area contributed by atoms with Gasteiger partial charge in [0.2, 0.25) is 0 Å². The predicted octanol–water partition coefficient (Wildman–Crippen LogP) is 4.43. The summed E-state index contributed by atoms with van der Waals surface area (Å²) in [4.78, 5) is 15.6. The number of aromatic nitrogens is 1. The molecular weight excluding hydrogens is 372 g/mol. The lowest BCUT2D eigenvalue weighted by Gasteiger charge is -2.19. The molecule has 130 valence electrons. The molecule has 0 atom stereocenters. The van der Waals surface area contributed by atoms with Gasteiger partial charge in [0.15, 0.2) is 0 Å². The Labute approximate surface area is 150 Å². The third kappa shape index (κ3) is 6.09. The van der Waals surface area contributed by atoms with Crippen molar-refractivity contribution in [1.82, 2.24) is 10.3 Å². The summed E-state index contributed by atoms with van der Waals surface area (Å²) in [7, 11) is 0. The maximum absolute atomic E-state index is 11.5. The van der Waals surface area contributed by atoms with Crippen LogP contribution >= 0.6 is 15.9 Å². The number of nitrogens with one attached hydrogen (secondary N) is 1. The van der Waals surface area contributed by atoms with Crippen molar-refractivity contribution in [1.29, 1.82) is 0 Å². The number of benzene rings is 1. The number of carbonyl (C=O) groups is 1. The highest BCUT2D eigenvalue weighted by atomic mass is 79.9. The molecule has 2 rings (SSSR count). The Balaban J connectivity index is 1.69. The molecule has 5 nitrogen and oxygen atoms in total. The fraction of sp³-hybridized carbons (Fsp3) is 0.444. The van der Waals surface area contributed by atoms with Gasteiger partial charge in [0.1, 0.15) is 5.60 Å². The van der Waals surface area contributed by atoms with E-state index in [9.17, 15) is 4.79 Å². The van der Waals surface area contributed by atoms with Gasteiger partial charge in [-0.3, -0.25) is 4.98 Å². The fourth-order valence-corrected chi connectivity index (χ4v) is 2.60. The van der Waals surface area contributed by atoms with Crippen molar-refractivity contribution in [2.45, 2.75) is 39.4 Å². The van der Waals surface area contributed by atoms with Crippen LogP contribution in [0.1, 0.15) is 32.8 Å². The molecule has 1 aromatic heterocycles. The Hall–Kier alpha value is -1.66. The van der Waals surface area contributed by atoms with Crippen molar-refractivity contribution in [3.05, 3.63) is 40.6 Å². The maximum atomic E-state index is 11.5. The molecular formula is C18H23BrN2O3. The van der Waals surface area contributed by atoms with E-state index < -0.39 is 11.7 Å². The molecule has 1 amide bonds. The summed E-state index contributed by atoms with van der Waals surface area (Å²) in [5, 5.41) is 4.93. The Morgan fingerprint density at radius 2 is 2.08 bits per heavy atom. The first-order valence-electron chi connectivity index (χ1n) is 7.92. The van der Waals surface area contributed by atoms with Gasteiger partial charge in [0, 0.05) is 35.4 Å². The summed E-state index contributed by atoms with van der Waals surface area (Å²) in [5.41, 5.74) is 0.634. The summed E-state index contributed by atoms with van der Waals surface area (Å²) >= 11 is 3.51. The van der Waals surface area contributed by atoms with E-state index in [1.165, 1.54) is 0 Å². The van der Waals surface area contributed by atoms with E-state index in [0.29, 0.717) is 19.8 Å². The highest BCUT2D eigenvalue weighted by molar-refractivity contribution is 9.10. The van der Waals surface area contributed by atoms with Gasteiger partial charge < -0.3 is 14.8 Å². The number of ether oxygens (including phenoxy) is 2. The number of alkyl carbamates (subject to hydrolysis) is 1. The maximum Gasteiger partial charge on any atom is 0.407 e. The van der Waals surface area contributed by atoms with E-state index in [-0.39, 0.29) is 0 Å². The number of carbonyl (C=O) groups excluding carboxylic acids is 1. The fourth-order valence-electron chi connectivity index (χ4n) is 2.13. The lowest BCUT2D eigenvalue weighted by atomic mass is 10.1. The second-order valence-corrected chi connectivity index (χ2v) is 7.37. The van der Waals surface area contributed by atoms with Crippen LogP contribution in [0.4, 0.5) is 4.79 Å². The van der Waals surface area contributed by atoms with Crippen molar-refractivity contribution >= 4 is 32.8 Å². The first kappa shape index (κ1) is 18.7. The molecule has 0 aliphatic carbocycles. The van der Waals surface area contributed by atoms with Gasteiger partial charge in [-0.15, -0.1) is 0 Å². The van der Waals surface area contributed by atoms with Crippen molar-refractivity contribution in [2.75, 3.05) is 13.2 Å². The average molecular weight is 395 g/mol. The van der Waals surface area contributed by atoms with Crippen molar-refractivity contribution in [3.8, 4) is 0 Å². The van der Waals surface area contributed by atoms with Crippen LogP contribution in [-0.4, -0.2) is 29.8 Å². The van der Waals surface area contributed by atoms with Crippen LogP contribution in [-0.2, 0) is 16.1 Å². The quantitative estimate of drug-likeness (QED) is 0.736. The molecule has 0 saturated carbocycles. The Bertz CT molecular complexity index is 698. The summed E-state index contributed by atoms with van der Waals surface area (Å²) in [6.07, 6.45) is 3.97. The molecule has 2 aromatic rings. The summed E-state index contributed by atoms with van der Waals surface area (Å²) in [6.45, 7) is 7.17. The third-order valence-electron chi connectivity index (χ3n) is 3.18. The molecule has 0 bridgehead atoms. The lowest BCUT2D eigenvalue weighted by Crippen LogP contribution is -2.33. The molecule has 0 aliphatic rings. The normalized spacial score (nSPS) is 11.5. The molecule has 0 spiro atoms. The van der Waals surface area contributed by atoms with Crippen molar-refractivity contribution < 1.29 is 14.3 Å². The van der Waals surface area contributed by atoms with Gasteiger partial charge in [-0.05, 0) is 60.1 Å². The largest absolute Gasteiger partial charge is 0.444 e. The highest BCUT2D eigenvalue weighted by Gasteiger charge is 2.15. The Morgan fingerprint density at radius 3 is 2.83 bits per heavy atom. The summed E-state index contributed by atoms with van der Waals surface area (Å²) in [5.74, 6) is 0. The van der Waals surface area contributed by atoms with E-state index in [4.69, 9.17) is 9.47 Å². The smallest absolute Gasteiger partial charge is 0.407 e. The first-order valence-corrected chi connectivity index (χ1v) is 8.71. The van der Waals surface area contributed by atoms with Gasteiger partial charge in [-0.2, -0.15) is 0 Å². The van der Waals surface area contributed by atoms with Crippen LogP contribution in [0.25, 0.3) is 10.8 Å².